The second-order valence-electron chi connectivity index (χ2n) is 4.77. The van der Waals surface area contributed by atoms with Crippen LogP contribution >= 0.6 is 0 Å². The van der Waals surface area contributed by atoms with Crippen LogP contribution in [0.2, 0.25) is 0 Å². The first-order valence-electron chi connectivity index (χ1n) is 5.85. The van der Waals surface area contributed by atoms with E-state index in [1.807, 2.05) is 0 Å². The van der Waals surface area contributed by atoms with E-state index in [9.17, 15) is 19.3 Å². The summed E-state index contributed by atoms with van der Waals surface area (Å²) in [5.74, 6) is -1.51. The maximum Gasteiger partial charge on any atom is 0.338 e. The van der Waals surface area contributed by atoms with E-state index in [2.05, 4.69) is 12.2 Å². The number of nitrogens with zero attached hydrogens (tertiary/aromatic N) is 1. The van der Waals surface area contributed by atoms with Crippen molar-refractivity contribution in [1.82, 2.24) is 0 Å². The SMILES string of the molecule is CC1CC1CNc1cc(F)c(C(=O)O)cc1[N+](=O)[O-]. The number of hydrogen-bond acceptors (Lipinski definition) is 4. The van der Waals surface area contributed by atoms with E-state index in [-0.39, 0.29) is 5.69 Å². The summed E-state index contributed by atoms with van der Waals surface area (Å²) in [6.45, 7) is 2.59. The van der Waals surface area contributed by atoms with E-state index in [4.69, 9.17) is 5.11 Å². The molecule has 0 radical (unpaired) electrons. The molecule has 102 valence electrons. The average Bonchev–Trinajstić information content (AvgIpc) is 3.01. The molecule has 0 heterocycles. The zero-order chi connectivity index (χ0) is 14.2. The predicted octanol–water partition coefficient (Wildman–Crippen LogP) is 2.50. The van der Waals surface area contributed by atoms with Crippen molar-refractivity contribution in [3.8, 4) is 0 Å². The van der Waals surface area contributed by atoms with Gasteiger partial charge >= 0.3 is 5.97 Å². The van der Waals surface area contributed by atoms with Crippen LogP contribution in [0.5, 0.6) is 0 Å². The Kier molecular flexibility index (Phi) is 3.37. The van der Waals surface area contributed by atoms with Gasteiger partial charge in [0.05, 0.1) is 4.92 Å². The van der Waals surface area contributed by atoms with Gasteiger partial charge in [0.1, 0.15) is 17.1 Å². The number of benzene rings is 1. The molecular weight excluding hydrogens is 255 g/mol. The zero-order valence-corrected chi connectivity index (χ0v) is 10.2. The zero-order valence-electron chi connectivity index (χ0n) is 10.2. The van der Waals surface area contributed by atoms with Crippen LogP contribution in [0.1, 0.15) is 23.7 Å². The number of aromatic carboxylic acids is 1. The fourth-order valence-electron chi connectivity index (χ4n) is 1.94. The summed E-state index contributed by atoms with van der Waals surface area (Å²) < 4.78 is 13.5. The number of carboxylic acid groups (broad SMARTS) is 1. The lowest BCUT2D eigenvalue weighted by molar-refractivity contribution is -0.384. The van der Waals surface area contributed by atoms with Crippen molar-refractivity contribution in [2.75, 3.05) is 11.9 Å². The van der Waals surface area contributed by atoms with Gasteiger partial charge in [0, 0.05) is 18.7 Å². The van der Waals surface area contributed by atoms with Gasteiger partial charge in [-0.15, -0.1) is 0 Å². The number of halogens is 1. The van der Waals surface area contributed by atoms with Gasteiger partial charge in [-0.25, -0.2) is 9.18 Å². The maximum atomic E-state index is 13.5. The van der Waals surface area contributed by atoms with Gasteiger partial charge in [-0.2, -0.15) is 0 Å². The van der Waals surface area contributed by atoms with Crippen LogP contribution in [-0.2, 0) is 0 Å². The molecule has 19 heavy (non-hydrogen) atoms. The van der Waals surface area contributed by atoms with Crippen LogP contribution < -0.4 is 5.32 Å². The standard InChI is InChI=1S/C12H13FN2O4/c1-6-2-7(6)5-14-10-4-9(13)8(12(16)17)3-11(10)15(18)19/h3-4,6-7,14H,2,5H2,1H3,(H,16,17). The molecule has 0 aromatic heterocycles. The smallest absolute Gasteiger partial charge is 0.338 e. The molecule has 2 rings (SSSR count). The Morgan fingerprint density at radius 1 is 1.63 bits per heavy atom. The minimum absolute atomic E-state index is 0.0200. The maximum absolute atomic E-state index is 13.5. The van der Waals surface area contributed by atoms with Gasteiger partial charge in [0.25, 0.3) is 5.69 Å². The first kappa shape index (κ1) is 13.3. The highest BCUT2D eigenvalue weighted by Gasteiger charge is 2.32. The molecule has 6 nitrogen and oxygen atoms in total. The Bertz CT molecular complexity index is 547. The molecule has 2 unspecified atom stereocenters. The molecule has 0 spiro atoms. The molecule has 1 aliphatic carbocycles. The summed E-state index contributed by atoms with van der Waals surface area (Å²) >= 11 is 0. The lowest BCUT2D eigenvalue weighted by Crippen LogP contribution is -2.09. The normalized spacial score (nSPS) is 20.9. The van der Waals surface area contributed by atoms with E-state index >= 15 is 0 Å². The Labute approximate surface area is 108 Å². The first-order valence-corrected chi connectivity index (χ1v) is 5.85. The van der Waals surface area contributed by atoms with Crippen molar-refractivity contribution in [2.45, 2.75) is 13.3 Å². The monoisotopic (exact) mass is 268 g/mol. The number of nitro groups is 1. The highest BCUT2D eigenvalue weighted by atomic mass is 19.1. The number of anilines is 1. The number of rotatable bonds is 5. The van der Waals surface area contributed by atoms with Crippen LogP contribution in [0.25, 0.3) is 0 Å². The van der Waals surface area contributed by atoms with Gasteiger partial charge in [0.2, 0.25) is 0 Å². The summed E-state index contributed by atoms with van der Waals surface area (Å²) in [6, 6.07) is 1.62. The third kappa shape index (κ3) is 2.81. The second-order valence-corrected chi connectivity index (χ2v) is 4.77. The molecule has 1 saturated carbocycles. The summed E-state index contributed by atoms with van der Waals surface area (Å²) in [7, 11) is 0. The van der Waals surface area contributed by atoms with Gasteiger partial charge in [0.15, 0.2) is 0 Å². The Morgan fingerprint density at radius 3 is 2.74 bits per heavy atom. The van der Waals surface area contributed by atoms with Crippen LogP contribution in [0.3, 0.4) is 0 Å². The summed E-state index contributed by atoms with van der Waals surface area (Å²) in [5, 5.41) is 22.4. The van der Waals surface area contributed by atoms with Gasteiger partial charge in [-0.3, -0.25) is 10.1 Å². The van der Waals surface area contributed by atoms with Crippen LogP contribution in [0, 0.1) is 27.8 Å². The van der Waals surface area contributed by atoms with Gasteiger partial charge < -0.3 is 10.4 Å². The van der Waals surface area contributed by atoms with Crippen LogP contribution in [-0.4, -0.2) is 22.5 Å². The molecule has 0 saturated heterocycles. The molecule has 2 N–H and O–H groups in total. The largest absolute Gasteiger partial charge is 0.478 e. The van der Waals surface area contributed by atoms with Crippen molar-refractivity contribution in [3.63, 3.8) is 0 Å². The van der Waals surface area contributed by atoms with Gasteiger partial charge in [-0.1, -0.05) is 6.92 Å². The van der Waals surface area contributed by atoms with Crippen molar-refractivity contribution >= 4 is 17.3 Å². The Morgan fingerprint density at radius 2 is 2.26 bits per heavy atom. The van der Waals surface area contributed by atoms with E-state index in [0.29, 0.717) is 18.4 Å². The number of carboxylic acids is 1. The Balaban J connectivity index is 2.27. The molecule has 1 aliphatic rings. The number of hydrogen-bond donors (Lipinski definition) is 2. The predicted molar refractivity (Wildman–Crippen MR) is 65.8 cm³/mol. The van der Waals surface area contributed by atoms with E-state index < -0.39 is 28.0 Å². The van der Waals surface area contributed by atoms with Crippen molar-refractivity contribution in [3.05, 3.63) is 33.6 Å². The summed E-state index contributed by atoms with van der Waals surface area (Å²) in [4.78, 5) is 20.9. The fraction of sp³-hybridized carbons (Fsp3) is 0.417. The van der Waals surface area contributed by atoms with Gasteiger partial charge in [-0.05, 0) is 18.3 Å². The number of nitrogens with one attached hydrogen (secondary N) is 1. The Hall–Kier alpha value is -2.18. The van der Waals surface area contributed by atoms with Crippen molar-refractivity contribution in [1.29, 1.82) is 0 Å². The number of carbonyl (C=O) groups is 1. The van der Waals surface area contributed by atoms with Crippen molar-refractivity contribution < 1.29 is 19.2 Å². The molecule has 2 atom stereocenters. The van der Waals surface area contributed by atoms with Crippen molar-refractivity contribution in [2.24, 2.45) is 11.8 Å². The quantitative estimate of drug-likeness (QED) is 0.632. The number of nitro benzene ring substituents is 1. The second kappa shape index (κ2) is 4.83. The third-order valence-electron chi connectivity index (χ3n) is 3.34. The van der Waals surface area contributed by atoms with E-state index in [1.54, 1.807) is 0 Å². The molecule has 1 fully saturated rings. The van der Waals surface area contributed by atoms with Crippen LogP contribution in [0.15, 0.2) is 12.1 Å². The molecule has 7 heteroatoms. The molecule has 1 aromatic rings. The molecular formula is C12H13FN2O4. The lowest BCUT2D eigenvalue weighted by Gasteiger charge is -2.08. The minimum atomic E-state index is -1.53. The fourth-order valence-corrected chi connectivity index (χ4v) is 1.94. The topological polar surface area (TPSA) is 92.5 Å². The molecule has 0 amide bonds. The molecule has 0 bridgehead atoms. The molecule has 1 aromatic carbocycles. The van der Waals surface area contributed by atoms with Crippen LogP contribution in [0.4, 0.5) is 15.8 Å². The average molecular weight is 268 g/mol. The highest BCUT2D eigenvalue weighted by molar-refractivity contribution is 5.90. The summed E-state index contributed by atoms with van der Waals surface area (Å²) in [5.41, 5.74) is -1.10. The first-order chi connectivity index (χ1) is 8.90. The minimum Gasteiger partial charge on any atom is -0.478 e. The highest BCUT2D eigenvalue weighted by Crippen LogP contribution is 2.38. The third-order valence-corrected chi connectivity index (χ3v) is 3.34. The summed E-state index contributed by atoms with van der Waals surface area (Å²) in [6.07, 6.45) is 1.04. The molecule has 0 aliphatic heterocycles. The lowest BCUT2D eigenvalue weighted by atomic mass is 10.1. The van der Waals surface area contributed by atoms with E-state index in [0.717, 1.165) is 18.6 Å². The van der Waals surface area contributed by atoms with E-state index in [1.165, 1.54) is 0 Å².